The maximum Gasteiger partial charge on any atom is 0.0456 e. The molecule has 94 valence electrons. The van der Waals surface area contributed by atoms with Crippen LogP contribution in [-0.4, -0.2) is 0 Å². The van der Waals surface area contributed by atoms with Gasteiger partial charge in [-0.3, -0.25) is 0 Å². The first-order valence-electron chi connectivity index (χ1n) is 6.47. The van der Waals surface area contributed by atoms with E-state index in [0.717, 1.165) is 23.4 Å². The highest BCUT2D eigenvalue weighted by atomic mass is 35.5. The van der Waals surface area contributed by atoms with E-state index in [9.17, 15) is 0 Å². The van der Waals surface area contributed by atoms with Crippen molar-refractivity contribution in [3.05, 3.63) is 34.9 Å². The Hall–Kier alpha value is -0.530. The quantitative estimate of drug-likeness (QED) is 0.732. The van der Waals surface area contributed by atoms with Gasteiger partial charge in [-0.25, -0.2) is 0 Å². The van der Waals surface area contributed by atoms with Gasteiger partial charge in [0.15, 0.2) is 0 Å². The monoisotopic (exact) mass is 251 g/mol. The number of nitrogens with two attached hydrogens (primary N) is 1. The number of hydrogen-bond donors (Lipinski definition) is 1. The van der Waals surface area contributed by atoms with Gasteiger partial charge in [-0.15, -0.1) is 0 Å². The Kier molecular flexibility index (Phi) is 3.51. The normalized spacial score (nSPS) is 28.7. The average molecular weight is 252 g/mol. The van der Waals surface area contributed by atoms with E-state index in [1.807, 2.05) is 18.2 Å². The van der Waals surface area contributed by atoms with E-state index in [2.05, 4.69) is 19.9 Å². The summed E-state index contributed by atoms with van der Waals surface area (Å²) in [5, 5.41) is 0.815. The molecule has 0 bridgehead atoms. The van der Waals surface area contributed by atoms with Crippen molar-refractivity contribution in [3.8, 4) is 0 Å². The van der Waals surface area contributed by atoms with Crippen molar-refractivity contribution < 1.29 is 0 Å². The molecule has 1 aromatic carbocycles. The molecule has 17 heavy (non-hydrogen) atoms. The Morgan fingerprint density at radius 1 is 1.06 bits per heavy atom. The molecule has 1 aliphatic carbocycles. The van der Waals surface area contributed by atoms with Gasteiger partial charge in [0, 0.05) is 10.6 Å². The molecule has 0 spiro atoms. The minimum absolute atomic E-state index is 0.230. The van der Waals surface area contributed by atoms with Gasteiger partial charge in [0.1, 0.15) is 0 Å². The first kappa shape index (κ1) is 12.9. The van der Waals surface area contributed by atoms with Crippen LogP contribution in [0.25, 0.3) is 0 Å². The Bertz CT molecular complexity index is 400. The zero-order valence-corrected chi connectivity index (χ0v) is 11.6. The topological polar surface area (TPSA) is 26.0 Å². The average Bonchev–Trinajstić information content (AvgIpc) is 2.40. The molecule has 1 nitrogen and oxygen atoms in total. The van der Waals surface area contributed by atoms with Gasteiger partial charge >= 0.3 is 0 Å². The van der Waals surface area contributed by atoms with Crippen molar-refractivity contribution in [2.45, 2.75) is 51.5 Å². The van der Waals surface area contributed by atoms with Gasteiger partial charge in [-0.1, -0.05) is 50.1 Å². The number of halogens is 1. The van der Waals surface area contributed by atoms with E-state index < -0.39 is 0 Å². The van der Waals surface area contributed by atoms with E-state index in [0.29, 0.717) is 5.41 Å². The smallest absolute Gasteiger partial charge is 0.0456 e. The second kappa shape index (κ2) is 4.62. The molecule has 0 aromatic heterocycles. The Balaban J connectivity index is 2.28. The first-order chi connectivity index (χ1) is 7.93. The van der Waals surface area contributed by atoms with Gasteiger partial charge in [0.25, 0.3) is 0 Å². The van der Waals surface area contributed by atoms with Crippen molar-refractivity contribution in [3.63, 3.8) is 0 Å². The van der Waals surface area contributed by atoms with Crippen LogP contribution in [0, 0.1) is 5.41 Å². The van der Waals surface area contributed by atoms with Gasteiger partial charge in [-0.05, 0) is 42.7 Å². The fraction of sp³-hybridized carbons (Fsp3) is 0.600. The first-order valence-corrected chi connectivity index (χ1v) is 6.85. The van der Waals surface area contributed by atoms with E-state index >= 15 is 0 Å². The summed E-state index contributed by atoms with van der Waals surface area (Å²) in [6.07, 6.45) is 5.70. The van der Waals surface area contributed by atoms with Crippen LogP contribution in [0.1, 0.15) is 51.5 Å². The fourth-order valence-corrected chi connectivity index (χ4v) is 3.15. The van der Waals surface area contributed by atoms with Crippen molar-refractivity contribution in [2.75, 3.05) is 0 Å². The molecule has 1 aliphatic rings. The van der Waals surface area contributed by atoms with Gasteiger partial charge in [0.05, 0.1) is 0 Å². The molecule has 0 radical (unpaired) electrons. The lowest BCUT2D eigenvalue weighted by Crippen LogP contribution is -2.36. The van der Waals surface area contributed by atoms with Crippen LogP contribution in [0.4, 0.5) is 0 Å². The lowest BCUT2D eigenvalue weighted by molar-refractivity contribution is 0.299. The third-order valence-corrected chi connectivity index (χ3v) is 4.46. The lowest BCUT2D eigenvalue weighted by Gasteiger charge is -2.30. The molecule has 0 heterocycles. The van der Waals surface area contributed by atoms with Crippen LogP contribution < -0.4 is 5.73 Å². The molecular formula is C15H22ClN. The van der Waals surface area contributed by atoms with Crippen molar-refractivity contribution >= 4 is 11.6 Å². The van der Waals surface area contributed by atoms with Crippen molar-refractivity contribution in [1.82, 2.24) is 0 Å². The highest BCUT2D eigenvalue weighted by molar-refractivity contribution is 6.31. The summed E-state index contributed by atoms with van der Waals surface area (Å²) in [4.78, 5) is 0. The summed E-state index contributed by atoms with van der Waals surface area (Å²) in [5.74, 6) is 0. The highest BCUT2D eigenvalue weighted by Gasteiger charge is 2.34. The second-order valence-corrected chi connectivity index (χ2v) is 6.56. The number of rotatable bonds is 1. The SMILES string of the molecule is CC1(C)CCCC(N)(c2ccccc2Cl)CC1. The third-order valence-electron chi connectivity index (χ3n) is 4.13. The summed E-state index contributed by atoms with van der Waals surface area (Å²) >= 11 is 6.29. The molecule has 2 N–H and O–H groups in total. The van der Waals surface area contributed by atoms with Crippen LogP contribution in [-0.2, 0) is 5.54 Å². The summed E-state index contributed by atoms with van der Waals surface area (Å²) in [7, 11) is 0. The van der Waals surface area contributed by atoms with Crippen molar-refractivity contribution in [1.29, 1.82) is 0 Å². The molecule has 0 saturated heterocycles. The summed E-state index contributed by atoms with van der Waals surface area (Å²) in [5.41, 5.74) is 7.93. The zero-order valence-electron chi connectivity index (χ0n) is 10.8. The molecule has 1 atom stereocenters. The third kappa shape index (κ3) is 2.83. The molecule has 1 unspecified atom stereocenters. The summed E-state index contributed by atoms with van der Waals surface area (Å²) in [6, 6.07) is 8.03. The highest BCUT2D eigenvalue weighted by Crippen LogP contribution is 2.42. The minimum Gasteiger partial charge on any atom is -0.321 e. The minimum atomic E-state index is -0.230. The van der Waals surface area contributed by atoms with Crippen LogP contribution in [0.2, 0.25) is 5.02 Å². The van der Waals surface area contributed by atoms with E-state index in [-0.39, 0.29) is 5.54 Å². The fourth-order valence-electron chi connectivity index (χ4n) is 2.83. The van der Waals surface area contributed by atoms with Crippen molar-refractivity contribution in [2.24, 2.45) is 11.1 Å². The zero-order chi connectivity index (χ0) is 12.5. The molecule has 1 saturated carbocycles. The van der Waals surface area contributed by atoms with Crippen LogP contribution in [0.3, 0.4) is 0 Å². The summed E-state index contributed by atoms with van der Waals surface area (Å²) in [6.45, 7) is 4.68. The second-order valence-electron chi connectivity index (χ2n) is 6.15. The molecule has 0 amide bonds. The largest absolute Gasteiger partial charge is 0.321 e. The number of benzene rings is 1. The molecule has 2 heteroatoms. The van der Waals surface area contributed by atoms with Crippen LogP contribution in [0.5, 0.6) is 0 Å². The lowest BCUT2D eigenvalue weighted by atomic mass is 9.81. The Labute approximate surface area is 109 Å². The van der Waals surface area contributed by atoms with Gasteiger partial charge in [-0.2, -0.15) is 0 Å². The predicted octanol–water partition coefficient (Wildman–Crippen LogP) is 4.48. The van der Waals surface area contributed by atoms with Crippen LogP contribution >= 0.6 is 11.6 Å². The molecule has 2 rings (SSSR count). The standard InChI is InChI=1S/C15H22ClN/c1-14(2)8-5-9-15(17,11-10-14)12-6-3-4-7-13(12)16/h3-4,6-7H,5,8-11,17H2,1-2H3. The van der Waals surface area contributed by atoms with Gasteiger partial charge < -0.3 is 5.73 Å². The predicted molar refractivity (Wildman–Crippen MR) is 74.2 cm³/mol. The number of hydrogen-bond acceptors (Lipinski definition) is 1. The van der Waals surface area contributed by atoms with E-state index in [1.54, 1.807) is 0 Å². The molecule has 0 aliphatic heterocycles. The van der Waals surface area contributed by atoms with Gasteiger partial charge in [0.2, 0.25) is 0 Å². The molecular weight excluding hydrogens is 230 g/mol. The molecule has 1 aromatic rings. The molecule has 1 fully saturated rings. The maximum atomic E-state index is 6.62. The Morgan fingerprint density at radius 2 is 1.76 bits per heavy atom. The summed E-state index contributed by atoms with van der Waals surface area (Å²) < 4.78 is 0. The Morgan fingerprint density at radius 3 is 2.47 bits per heavy atom. The maximum absolute atomic E-state index is 6.62. The van der Waals surface area contributed by atoms with E-state index in [4.69, 9.17) is 17.3 Å². The van der Waals surface area contributed by atoms with Crippen LogP contribution in [0.15, 0.2) is 24.3 Å². The van der Waals surface area contributed by atoms with E-state index in [1.165, 1.54) is 19.3 Å².